The zero-order chi connectivity index (χ0) is 23.5. The summed E-state index contributed by atoms with van der Waals surface area (Å²) in [7, 11) is 0. The first-order chi connectivity index (χ1) is 16.6. The summed E-state index contributed by atoms with van der Waals surface area (Å²) in [5.41, 5.74) is 5.71. The highest BCUT2D eigenvalue weighted by atomic mass is 16.1. The first kappa shape index (κ1) is 22.3. The minimum atomic E-state index is -0.114. The normalized spacial score (nSPS) is 18.6. The summed E-state index contributed by atoms with van der Waals surface area (Å²) in [6.45, 7) is 5.53. The van der Waals surface area contributed by atoms with E-state index in [4.69, 9.17) is 4.98 Å². The molecule has 172 valence electrons. The van der Waals surface area contributed by atoms with Crippen LogP contribution < -0.4 is 5.32 Å². The quantitative estimate of drug-likeness (QED) is 0.360. The van der Waals surface area contributed by atoms with Crippen molar-refractivity contribution in [2.45, 2.75) is 51.7 Å². The van der Waals surface area contributed by atoms with Crippen molar-refractivity contribution in [3.05, 3.63) is 96.2 Å². The number of likely N-dealkylation sites (tertiary alicyclic amines) is 1. The highest BCUT2D eigenvalue weighted by Gasteiger charge is 2.24. The van der Waals surface area contributed by atoms with E-state index >= 15 is 0 Å². The highest BCUT2D eigenvalue weighted by molar-refractivity contribution is 6.05. The molecule has 0 saturated carbocycles. The van der Waals surface area contributed by atoms with Crippen LogP contribution in [-0.4, -0.2) is 27.9 Å². The third-order valence-corrected chi connectivity index (χ3v) is 6.98. The summed E-state index contributed by atoms with van der Waals surface area (Å²) < 4.78 is 0. The molecule has 34 heavy (non-hydrogen) atoms. The largest absolute Gasteiger partial charge is 0.322 e. The van der Waals surface area contributed by atoms with Gasteiger partial charge in [0.25, 0.3) is 5.91 Å². The number of nitrogens with zero attached hydrogens (tertiary/aromatic N) is 2. The molecule has 2 unspecified atom stereocenters. The van der Waals surface area contributed by atoms with Crippen LogP contribution in [0.15, 0.2) is 84.9 Å². The smallest absolute Gasteiger partial charge is 0.255 e. The monoisotopic (exact) mass is 449 g/mol. The first-order valence-corrected chi connectivity index (χ1v) is 12.2. The van der Waals surface area contributed by atoms with Gasteiger partial charge in [-0.1, -0.05) is 55.0 Å². The number of hydrogen-bond acceptors (Lipinski definition) is 3. The zero-order valence-corrected chi connectivity index (χ0v) is 19.9. The van der Waals surface area contributed by atoms with Gasteiger partial charge in [-0.05, 0) is 74.2 Å². The number of carbonyl (C=O) groups is 1. The number of piperidine rings is 1. The molecule has 1 aliphatic heterocycles. The van der Waals surface area contributed by atoms with Gasteiger partial charge in [0.2, 0.25) is 0 Å². The number of hydrogen-bond donors (Lipinski definition) is 1. The van der Waals surface area contributed by atoms with Gasteiger partial charge in [0.05, 0.1) is 11.2 Å². The maximum absolute atomic E-state index is 12.8. The Morgan fingerprint density at radius 3 is 2.32 bits per heavy atom. The van der Waals surface area contributed by atoms with Crippen molar-refractivity contribution in [1.82, 2.24) is 9.88 Å². The fourth-order valence-electron chi connectivity index (χ4n) is 4.95. The van der Waals surface area contributed by atoms with Gasteiger partial charge in [0, 0.05) is 35.3 Å². The molecule has 0 radical (unpaired) electrons. The van der Waals surface area contributed by atoms with Crippen LogP contribution in [0.4, 0.5) is 5.69 Å². The maximum Gasteiger partial charge on any atom is 0.255 e. The fraction of sp³-hybridized carbons (Fsp3) is 0.267. The molecule has 4 aromatic rings. The predicted molar refractivity (Wildman–Crippen MR) is 140 cm³/mol. The zero-order valence-electron chi connectivity index (χ0n) is 19.9. The molecule has 0 aliphatic carbocycles. The second-order valence-corrected chi connectivity index (χ2v) is 9.41. The number of amides is 1. The molecule has 1 fully saturated rings. The Balaban J connectivity index is 1.28. The van der Waals surface area contributed by atoms with E-state index in [1.54, 1.807) is 0 Å². The molecule has 1 N–H and O–H groups in total. The van der Waals surface area contributed by atoms with Crippen molar-refractivity contribution in [3.8, 4) is 11.1 Å². The lowest BCUT2D eigenvalue weighted by Gasteiger charge is -2.38. The van der Waals surface area contributed by atoms with Crippen molar-refractivity contribution < 1.29 is 4.79 Å². The topological polar surface area (TPSA) is 45.2 Å². The van der Waals surface area contributed by atoms with Gasteiger partial charge >= 0.3 is 0 Å². The predicted octanol–water partition coefficient (Wildman–Crippen LogP) is 6.92. The number of pyridine rings is 1. The van der Waals surface area contributed by atoms with E-state index in [1.165, 1.54) is 19.3 Å². The number of rotatable bonds is 5. The van der Waals surface area contributed by atoms with Crippen molar-refractivity contribution in [3.63, 3.8) is 0 Å². The molecule has 4 nitrogen and oxygen atoms in total. The van der Waals surface area contributed by atoms with Crippen LogP contribution in [0.5, 0.6) is 0 Å². The Bertz CT molecular complexity index is 1270. The lowest BCUT2D eigenvalue weighted by Crippen LogP contribution is -2.43. The van der Waals surface area contributed by atoms with E-state index < -0.39 is 0 Å². The van der Waals surface area contributed by atoms with Crippen LogP contribution in [0.2, 0.25) is 0 Å². The van der Waals surface area contributed by atoms with Crippen molar-refractivity contribution in [2.75, 3.05) is 5.32 Å². The second-order valence-electron chi connectivity index (χ2n) is 9.41. The summed E-state index contributed by atoms with van der Waals surface area (Å²) in [5, 5.41) is 4.05. The molecule has 4 heteroatoms. The minimum absolute atomic E-state index is 0.114. The number of benzene rings is 3. The average molecular weight is 450 g/mol. The van der Waals surface area contributed by atoms with Crippen LogP contribution in [-0.2, 0) is 6.54 Å². The number of anilines is 1. The van der Waals surface area contributed by atoms with E-state index in [2.05, 4.69) is 48.3 Å². The molecule has 2 heterocycles. The van der Waals surface area contributed by atoms with E-state index in [0.717, 1.165) is 40.0 Å². The van der Waals surface area contributed by atoms with Gasteiger partial charge in [-0.3, -0.25) is 14.7 Å². The van der Waals surface area contributed by atoms with Crippen molar-refractivity contribution in [2.24, 2.45) is 0 Å². The van der Waals surface area contributed by atoms with Gasteiger partial charge in [0.15, 0.2) is 0 Å². The van der Waals surface area contributed by atoms with Crippen LogP contribution in [0.3, 0.4) is 0 Å². The molecular formula is C30H31N3O. The molecule has 1 saturated heterocycles. The van der Waals surface area contributed by atoms with E-state index in [1.807, 2.05) is 60.7 Å². The highest BCUT2D eigenvalue weighted by Crippen LogP contribution is 2.26. The second kappa shape index (κ2) is 9.78. The van der Waals surface area contributed by atoms with Gasteiger partial charge < -0.3 is 5.32 Å². The number of fused-ring (bicyclic) bond motifs is 1. The summed E-state index contributed by atoms with van der Waals surface area (Å²) in [6.07, 6.45) is 3.83. The molecule has 1 aromatic heterocycles. The van der Waals surface area contributed by atoms with Crippen LogP contribution >= 0.6 is 0 Å². The Kier molecular flexibility index (Phi) is 6.41. The Labute approximate surface area is 201 Å². The standard InChI is InChI=1S/C30H31N3O/c1-21-7-6-8-22(2)33(21)20-28-16-15-26-19-27(17-18-29(26)31-28)32-30(34)25-13-11-24(12-14-25)23-9-4-3-5-10-23/h3-5,9-19,21-22H,6-8,20H2,1-2H3,(H,32,34). The first-order valence-electron chi connectivity index (χ1n) is 12.2. The van der Waals surface area contributed by atoms with Gasteiger partial charge in [-0.15, -0.1) is 0 Å². The molecular weight excluding hydrogens is 418 g/mol. The van der Waals surface area contributed by atoms with Crippen LogP contribution in [0, 0.1) is 0 Å². The molecule has 5 rings (SSSR count). The summed E-state index contributed by atoms with van der Waals surface area (Å²) >= 11 is 0. The Morgan fingerprint density at radius 1 is 0.882 bits per heavy atom. The summed E-state index contributed by atoms with van der Waals surface area (Å²) in [6, 6.07) is 29.2. The van der Waals surface area contributed by atoms with Crippen LogP contribution in [0.1, 0.15) is 49.2 Å². The fourth-order valence-corrected chi connectivity index (χ4v) is 4.95. The Hall–Kier alpha value is -3.50. The third kappa shape index (κ3) is 4.87. The average Bonchev–Trinajstić information content (AvgIpc) is 2.87. The van der Waals surface area contributed by atoms with Crippen molar-refractivity contribution in [1.29, 1.82) is 0 Å². The van der Waals surface area contributed by atoms with Gasteiger partial charge in [-0.2, -0.15) is 0 Å². The molecule has 1 aliphatic rings. The number of nitrogens with one attached hydrogen (secondary N) is 1. The molecule has 3 aromatic carbocycles. The van der Waals surface area contributed by atoms with Gasteiger partial charge in [0.1, 0.15) is 0 Å². The lowest BCUT2D eigenvalue weighted by molar-refractivity contribution is 0.0939. The molecule has 0 spiro atoms. The SMILES string of the molecule is CC1CCCC(C)N1Cc1ccc2cc(NC(=O)c3ccc(-c4ccccc4)cc3)ccc2n1. The summed E-state index contributed by atoms with van der Waals surface area (Å²) in [5.74, 6) is -0.114. The lowest BCUT2D eigenvalue weighted by atomic mass is 9.97. The molecule has 0 bridgehead atoms. The third-order valence-electron chi connectivity index (χ3n) is 6.98. The minimum Gasteiger partial charge on any atom is -0.322 e. The Morgan fingerprint density at radius 2 is 1.59 bits per heavy atom. The molecule has 2 atom stereocenters. The summed E-state index contributed by atoms with van der Waals surface area (Å²) in [4.78, 5) is 20.3. The van der Waals surface area contributed by atoms with Crippen LogP contribution in [0.25, 0.3) is 22.0 Å². The number of aromatic nitrogens is 1. The number of carbonyl (C=O) groups excluding carboxylic acids is 1. The van der Waals surface area contributed by atoms with E-state index in [0.29, 0.717) is 17.6 Å². The van der Waals surface area contributed by atoms with Gasteiger partial charge in [-0.25, -0.2) is 0 Å². The maximum atomic E-state index is 12.8. The van der Waals surface area contributed by atoms with Crippen molar-refractivity contribution >= 4 is 22.5 Å². The van der Waals surface area contributed by atoms with E-state index in [-0.39, 0.29) is 5.91 Å². The molecule has 1 amide bonds. The van der Waals surface area contributed by atoms with E-state index in [9.17, 15) is 4.79 Å².